The van der Waals surface area contributed by atoms with Crippen molar-refractivity contribution in [2.45, 2.75) is 52.4 Å². The van der Waals surface area contributed by atoms with Gasteiger partial charge in [-0.25, -0.2) is 0 Å². The second-order valence-electron chi connectivity index (χ2n) is 6.48. The zero-order chi connectivity index (χ0) is 14.8. The average Bonchev–Trinajstić information content (AvgIpc) is 2.88. The van der Waals surface area contributed by atoms with Crippen LogP contribution in [0.3, 0.4) is 0 Å². The minimum Gasteiger partial charge on any atom is -0.329 e. The first-order valence-corrected chi connectivity index (χ1v) is 7.53. The van der Waals surface area contributed by atoms with Crippen molar-refractivity contribution in [1.29, 1.82) is 0 Å². The Bertz CT molecular complexity index is 458. The van der Waals surface area contributed by atoms with Gasteiger partial charge in [0, 0.05) is 18.3 Å². The number of amides is 1. The van der Waals surface area contributed by atoms with Gasteiger partial charge < -0.3 is 11.1 Å². The molecule has 0 atom stereocenters. The van der Waals surface area contributed by atoms with Gasteiger partial charge in [0.15, 0.2) is 5.82 Å². The molecule has 20 heavy (non-hydrogen) atoms. The number of carbonyl (C=O) groups is 1. The monoisotopic (exact) mass is 278 g/mol. The van der Waals surface area contributed by atoms with Gasteiger partial charge in [-0.15, -0.1) is 0 Å². The van der Waals surface area contributed by atoms with E-state index in [4.69, 9.17) is 5.73 Å². The molecule has 1 heterocycles. The predicted octanol–water partition coefficient (Wildman–Crippen LogP) is 2.63. The highest BCUT2D eigenvalue weighted by atomic mass is 16.2. The third-order valence-corrected chi connectivity index (χ3v) is 4.57. The maximum atomic E-state index is 12.6. The maximum absolute atomic E-state index is 12.6. The number of nitrogens with one attached hydrogen (secondary N) is 2. The van der Waals surface area contributed by atoms with Crippen LogP contribution in [0.2, 0.25) is 0 Å². The van der Waals surface area contributed by atoms with Gasteiger partial charge in [0.25, 0.3) is 0 Å². The summed E-state index contributed by atoms with van der Waals surface area (Å²) in [6, 6.07) is 1.90. The minimum atomic E-state index is -0.413. The van der Waals surface area contributed by atoms with Gasteiger partial charge >= 0.3 is 0 Å². The molecule has 1 aliphatic rings. The Hall–Kier alpha value is -1.36. The molecule has 1 aliphatic carbocycles. The van der Waals surface area contributed by atoms with E-state index in [0.717, 1.165) is 31.4 Å². The van der Waals surface area contributed by atoms with E-state index in [-0.39, 0.29) is 5.91 Å². The molecule has 5 nitrogen and oxygen atoms in total. The minimum absolute atomic E-state index is 0.0220. The molecule has 0 aliphatic heterocycles. The Balaban J connectivity index is 2.05. The summed E-state index contributed by atoms with van der Waals surface area (Å²) in [5.74, 6) is 1.69. The number of aromatic amines is 1. The number of aromatic nitrogens is 2. The number of carbonyl (C=O) groups excluding carboxylic acids is 1. The van der Waals surface area contributed by atoms with Gasteiger partial charge in [0.2, 0.25) is 5.91 Å². The molecule has 5 heteroatoms. The molecule has 0 bridgehead atoms. The van der Waals surface area contributed by atoms with Crippen LogP contribution in [-0.2, 0) is 4.79 Å². The molecule has 1 aromatic heterocycles. The smallest absolute Gasteiger partial charge is 0.233 e. The Labute approximate surface area is 120 Å². The average molecular weight is 278 g/mol. The molecule has 1 saturated carbocycles. The Morgan fingerprint density at radius 3 is 2.70 bits per heavy atom. The second kappa shape index (κ2) is 5.95. The molecule has 1 fully saturated rings. The van der Waals surface area contributed by atoms with Crippen LogP contribution in [-0.4, -0.2) is 22.6 Å². The van der Waals surface area contributed by atoms with Gasteiger partial charge in [-0.1, -0.05) is 20.8 Å². The van der Waals surface area contributed by atoms with E-state index < -0.39 is 5.41 Å². The SMILES string of the molecule is CC1CCC(CN)(C(=O)Nc2cc(C(C)C)[nH]n2)CC1. The lowest BCUT2D eigenvalue weighted by Gasteiger charge is -2.36. The molecular formula is C15H26N4O. The lowest BCUT2D eigenvalue weighted by Crippen LogP contribution is -2.44. The molecule has 1 aromatic rings. The number of hydrogen-bond acceptors (Lipinski definition) is 3. The fraction of sp³-hybridized carbons (Fsp3) is 0.733. The molecular weight excluding hydrogens is 252 g/mol. The molecule has 0 saturated heterocycles. The van der Waals surface area contributed by atoms with Crippen molar-refractivity contribution >= 4 is 11.7 Å². The first-order chi connectivity index (χ1) is 9.47. The molecule has 0 aromatic carbocycles. The summed E-state index contributed by atoms with van der Waals surface area (Å²) in [5.41, 5.74) is 6.52. The number of nitrogens with zero attached hydrogens (tertiary/aromatic N) is 1. The van der Waals surface area contributed by atoms with Crippen LogP contribution < -0.4 is 11.1 Å². The quantitative estimate of drug-likeness (QED) is 0.791. The number of rotatable bonds is 4. The highest BCUT2D eigenvalue weighted by molar-refractivity contribution is 5.94. The molecule has 1 amide bonds. The van der Waals surface area contributed by atoms with E-state index in [9.17, 15) is 4.79 Å². The summed E-state index contributed by atoms with van der Waals surface area (Å²) in [4.78, 5) is 12.6. The largest absolute Gasteiger partial charge is 0.329 e. The third kappa shape index (κ3) is 3.03. The lowest BCUT2D eigenvalue weighted by molar-refractivity contribution is -0.127. The standard InChI is InChI=1S/C15H26N4O/c1-10(2)12-8-13(19-18-12)17-14(20)15(9-16)6-4-11(3)5-7-15/h8,10-11H,4-7,9,16H2,1-3H3,(H2,17,18,19,20). The fourth-order valence-corrected chi connectivity index (χ4v) is 2.78. The van der Waals surface area contributed by atoms with Gasteiger partial charge in [0.1, 0.15) is 0 Å². The van der Waals surface area contributed by atoms with Crippen molar-refractivity contribution in [2.75, 3.05) is 11.9 Å². The van der Waals surface area contributed by atoms with E-state index in [0.29, 0.717) is 24.2 Å². The van der Waals surface area contributed by atoms with Crippen molar-refractivity contribution in [2.24, 2.45) is 17.1 Å². The Morgan fingerprint density at radius 2 is 2.20 bits per heavy atom. The highest BCUT2D eigenvalue weighted by Crippen LogP contribution is 2.39. The van der Waals surface area contributed by atoms with Gasteiger partial charge in [-0.2, -0.15) is 5.10 Å². The number of anilines is 1. The Morgan fingerprint density at radius 1 is 1.55 bits per heavy atom. The topological polar surface area (TPSA) is 83.8 Å². The van der Waals surface area contributed by atoms with Crippen LogP contribution in [0.1, 0.15) is 58.1 Å². The first-order valence-electron chi connectivity index (χ1n) is 7.53. The lowest BCUT2D eigenvalue weighted by atomic mass is 9.70. The van der Waals surface area contributed by atoms with E-state index in [1.165, 1.54) is 0 Å². The van der Waals surface area contributed by atoms with Crippen LogP contribution in [0, 0.1) is 11.3 Å². The summed E-state index contributed by atoms with van der Waals surface area (Å²) in [5, 5.41) is 10.0. The molecule has 0 spiro atoms. The van der Waals surface area contributed by atoms with E-state index in [1.54, 1.807) is 0 Å². The van der Waals surface area contributed by atoms with Crippen molar-refractivity contribution in [1.82, 2.24) is 10.2 Å². The summed E-state index contributed by atoms with van der Waals surface area (Å²) in [6.07, 6.45) is 3.89. The fourth-order valence-electron chi connectivity index (χ4n) is 2.78. The first kappa shape index (κ1) is 15.0. The number of nitrogens with two attached hydrogens (primary N) is 1. The van der Waals surface area contributed by atoms with E-state index in [2.05, 4.69) is 36.3 Å². The number of hydrogen-bond donors (Lipinski definition) is 3. The molecule has 2 rings (SSSR count). The molecule has 4 N–H and O–H groups in total. The molecule has 0 radical (unpaired) electrons. The van der Waals surface area contributed by atoms with Gasteiger partial charge in [-0.05, 0) is 37.5 Å². The summed E-state index contributed by atoms with van der Waals surface area (Å²) >= 11 is 0. The number of H-pyrrole nitrogens is 1. The molecule has 0 unspecified atom stereocenters. The van der Waals surface area contributed by atoms with Crippen LogP contribution in [0.25, 0.3) is 0 Å². The van der Waals surface area contributed by atoms with Crippen LogP contribution in [0.4, 0.5) is 5.82 Å². The summed E-state index contributed by atoms with van der Waals surface area (Å²) < 4.78 is 0. The zero-order valence-electron chi connectivity index (χ0n) is 12.7. The van der Waals surface area contributed by atoms with Gasteiger partial charge in [-0.3, -0.25) is 9.89 Å². The van der Waals surface area contributed by atoms with Gasteiger partial charge in [0.05, 0.1) is 5.41 Å². The highest BCUT2D eigenvalue weighted by Gasteiger charge is 2.40. The summed E-state index contributed by atoms with van der Waals surface area (Å²) in [7, 11) is 0. The summed E-state index contributed by atoms with van der Waals surface area (Å²) in [6.45, 7) is 6.82. The van der Waals surface area contributed by atoms with E-state index >= 15 is 0 Å². The second-order valence-corrected chi connectivity index (χ2v) is 6.48. The Kier molecular flexibility index (Phi) is 4.48. The van der Waals surface area contributed by atoms with E-state index in [1.807, 2.05) is 6.07 Å². The van der Waals surface area contributed by atoms with Crippen molar-refractivity contribution < 1.29 is 4.79 Å². The van der Waals surface area contributed by atoms with Crippen LogP contribution in [0.15, 0.2) is 6.07 Å². The van der Waals surface area contributed by atoms with Crippen LogP contribution in [0.5, 0.6) is 0 Å². The van der Waals surface area contributed by atoms with Crippen molar-refractivity contribution in [3.05, 3.63) is 11.8 Å². The third-order valence-electron chi connectivity index (χ3n) is 4.57. The zero-order valence-corrected chi connectivity index (χ0v) is 12.7. The normalized spacial score (nSPS) is 26.8. The molecule has 112 valence electrons. The predicted molar refractivity (Wildman–Crippen MR) is 80.4 cm³/mol. The maximum Gasteiger partial charge on any atom is 0.233 e. The van der Waals surface area contributed by atoms with Crippen molar-refractivity contribution in [3.8, 4) is 0 Å². The van der Waals surface area contributed by atoms with Crippen LogP contribution >= 0.6 is 0 Å². The van der Waals surface area contributed by atoms with Crippen molar-refractivity contribution in [3.63, 3.8) is 0 Å².